The van der Waals surface area contributed by atoms with Gasteiger partial charge in [-0.25, -0.2) is 14.6 Å². The molecule has 0 amide bonds. The van der Waals surface area contributed by atoms with E-state index in [0.29, 0.717) is 24.7 Å². The van der Waals surface area contributed by atoms with Crippen LogP contribution in [0.3, 0.4) is 0 Å². The van der Waals surface area contributed by atoms with Crippen LogP contribution in [0.4, 0.5) is 11.6 Å². The summed E-state index contributed by atoms with van der Waals surface area (Å²) in [6.45, 7) is 2.88. The third-order valence-electron chi connectivity index (χ3n) is 3.75. The Bertz CT molecular complexity index is 704. The number of ether oxygens (including phenoxy) is 1. The summed E-state index contributed by atoms with van der Waals surface area (Å²) < 4.78 is 6.78. The van der Waals surface area contributed by atoms with Gasteiger partial charge in [-0.3, -0.25) is 5.01 Å². The number of aromatic nitrogens is 5. The topological polar surface area (TPSA) is 107 Å². The number of morpholine rings is 1. The van der Waals surface area contributed by atoms with Crippen molar-refractivity contribution < 1.29 is 39.4 Å². The second-order valence-electron chi connectivity index (χ2n) is 5.10. The van der Waals surface area contributed by atoms with Gasteiger partial charge in [-0.1, -0.05) is 5.21 Å². The van der Waals surface area contributed by atoms with Gasteiger partial charge in [-0.2, -0.15) is 0 Å². The van der Waals surface area contributed by atoms with Gasteiger partial charge in [0.25, 0.3) is 0 Å². The molecule has 1 atom stereocenters. The zero-order chi connectivity index (χ0) is 15.6. The van der Waals surface area contributed by atoms with E-state index >= 15 is 0 Å². The van der Waals surface area contributed by atoms with Crippen LogP contribution in [-0.2, 0) is 4.74 Å². The summed E-state index contributed by atoms with van der Waals surface area (Å²) in [6.07, 6.45) is 5.03. The fourth-order valence-electron chi connectivity index (χ4n) is 2.55. The van der Waals surface area contributed by atoms with Gasteiger partial charge in [-0.05, 0) is 0 Å². The first-order chi connectivity index (χ1) is 11.3. The van der Waals surface area contributed by atoms with E-state index < -0.39 is 6.23 Å². The van der Waals surface area contributed by atoms with E-state index in [1.54, 1.807) is 18.5 Å². The molecular weight excluding hydrogens is 323 g/mol. The van der Waals surface area contributed by atoms with Crippen molar-refractivity contribution in [1.29, 1.82) is 0 Å². The van der Waals surface area contributed by atoms with Crippen molar-refractivity contribution in [1.82, 2.24) is 30.4 Å². The maximum absolute atomic E-state index is 12.6. The average molecular weight is 338 g/mol. The molecular formula is C13H15N8NaO2. The third kappa shape index (κ3) is 3.23. The number of anilines is 2. The summed E-state index contributed by atoms with van der Waals surface area (Å²) in [5.74, 6) is 1.29. The van der Waals surface area contributed by atoms with Gasteiger partial charge in [-0.15, -0.1) is 5.10 Å². The Morgan fingerprint density at radius 3 is 2.75 bits per heavy atom. The molecule has 1 saturated heterocycles. The molecule has 1 fully saturated rings. The predicted molar refractivity (Wildman–Crippen MR) is 78.8 cm³/mol. The minimum atomic E-state index is -1.18. The minimum Gasteiger partial charge on any atom is -0.830 e. The molecule has 0 radical (unpaired) electrons. The van der Waals surface area contributed by atoms with Crippen LogP contribution in [0.15, 0.2) is 31.0 Å². The molecule has 11 heteroatoms. The van der Waals surface area contributed by atoms with E-state index in [2.05, 4.69) is 30.6 Å². The summed E-state index contributed by atoms with van der Waals surface area (Å²) >= 11 is 0. The molecule has 4 heterocycles. The molecule has 1 N–H and O–H groups in total. The predicted octanol–water partition coefficient (Wildman–Crippen LogP) is -4.58. The Morgan fingerprint density at radius 2 is 2.00 bits per heavy atom. The molecule has 0 aliphatic carbocycles. The van der Waals surface area contributed by atoms with Crippen LogP contribution >= 0.6 is 0 Å². The molecule has 0 bridgehead atoms. The first-order valence-corrected chi connectivity index (χ1v) is 7.25. The standard InChI is InChI=1S/C13H15N8O2.Na/c22-13-10(20-2-1-16-18-20)8-17-21(13)12-7-11(14-9-15-12)19-3-5-23-6-4-19;/h1-2,7-9,13,17H,3-6H2;/q-1;+1. The van der Waals surface area contributed by atoms with E-state index in [-0.39, 0.29) is 29.6 Å². The number of hydrazine groups is 1. The smallest absolute Gasteiger partial charge is 0.830 e. The zero-order valence-electron chi connectivity index (χ0n) is 13.2. The number of rotatable bonds is 3. The van der Waals surface area contributed by atoms with Gasteiger partial charge in [0.05, 0.1) is 31.3 Å². The molecule has 2 aromatic heterocycles. The molecule has 0 spiro atoms. The van der Waals surface area contributed by atoms with Crippen molar-refractivity contribution in [3.05, 3.63) is 31.0 Å². The van der Waals surface area contributed by atoms with Crippen LogP contribution < -0.4 is 50.0 Å². The zero-order valence-corrected chi connectivity index (χ0v) is 15.2. The van der Waals surface area contributed by atoms with Crippen LogP contribution in [0.5, 0.6) is 0 Å². The summed E-state index contributed by atoms with van der Waals surface area (Å²) in [7, 11) is 0. The van der Waals surface area contributed by atoms with Gasteiger partial charge in [0.2, 0.25) is 0 Å². The molecule has 120 valence electrons. The Morgan fingerprint density at radius 1 is 1.21 bits per heavy atom. The Labute approximate surface area is 160 Å². The van der Waals surface area contributed by atoms with Gasteiger partial charge in [0.1, 0.15) is 12.1 Å². The fraction of sp³-hybridized carbons (Fsp3) is 0.385. The van der Waals surface area contributed by atoms with E-state index in [1.165, 1.54) is 22.2 Å². The number of nitrogens with one attached hydrogen (secondary N) is 1. The third-order valence-corrected chi connectivity index (χ3v) is 3.75. The Hall–Kier alpha value is -1.72. The summed E-state index contributed by atoms with van der Waals surface area (Å²) in [6, 6.07) is 1.79. The van der Waals surface area contributed by atoms with Crippen molar-refractivity contribution in [3.63, 3.8) is 0 Å². The van der Waals surface area contributed by atoms with Crippen LogP contribution in [0.2, 0.25) is 0 Å². The van der Waals surface area contributed by atoms with Crippen LogP contribution in [0.1, 0.15) is 0 Å². The molecule has 2 aliphatic rings. The molecule has 2 aromatic rings. The first kappa shape index (κ1) is 17.1. The maximum Gasteiger partial charge on any atom is 1.00 e. The van der Waals surface area contributed by atoms with Crippen molar-refractivity contribution >= 4 is 17.3 Å². The van der Waals surface area contributed by atoms with Crippen molar-refractivity contribution in [2.24, 2.45) is 0 Å². The molecule has 4 rings (SSSR count). The largest absolute Gasteiger partial charge is 1.00 e. The second-order valence-corrected chi connectivity index (χ2v) is 5.10. The molecule has 2 aliphatic heterocycles. The van der Waals surface area contributed by atoms with Crippen molar-refractivity contribution in [2.45, 2.75) is 6.23 Å². The van der Waals surface area contributed by atoms with Gasteiger partial charge >= 0.3 is 29.6 Å². The molecule has 0 aromatic carbocycles. The quantitative estimate of drug-likeness (QED) is 0.553. The van der Waals surface area contributed by atoms with E-state index in [4.69, 9.17) is 4.74 Å². The molecule has 0 saturated carbocycles. The maximum atomic E-state index is 12.6. The van der Waals surface area contributed by atoms with Crippen LogP contribution in [-0.4, -0.2) is 57.5 Å². The summed E-state index contributed by atoms with van der Waals surface area (Å²) in [4.78, 5) is 10.6. The average Bonchev–Trinajstić information content (AvgIpc) is 3.25. The monoisotopic (exact) mass is 338 g/mol. The van der Waals surface area contributed by atoms with Gasteiger partial charge < -0.3 is 20.2 Å². The van der Waals surface area contributed by atoms with Gasteiger partial charge in [0, 0.05) is 31.6 Å². The van der Waals surface area contributed by atoms with Crippen molar-refractivity contribution in [2.75, 3.05) is 36.2 Å². The second kappa shape index (κ2) is 7.45. The van der Waals surface area contributed by atoms with E-state index in [9.17, 15) is 5.11 Å². The van der Waals surface area contributed by atoms with E-state index in [1.807, 2.05) is 0 Å². The number of hydrogen-bond donors (Lipinski definition) is 1. The minimum absolute atomic E-state index is 0. The number of hydrogen-bond acceptors (Lipinski definition) is 9. The van der Waals surface area contributed by atoms with Crippen molar-refractivity contribution in [3.8, 4) is 0 Å². The summed E-state index contributed by atoms with van der Waals surface area (Å²) in [5.41, 5.74) is 3.38. The summed E-state index contributed by atoms with van der Waals surface area (Å²) in [5, 5.41) is 21.6. The van der Waals surface area contributed by atoms with Crippen LogP contribution in [0, 0.1) is 0 Å². The molecule has 1 unspecified atom stereocenters. The fourth-order valence-corrected chi connectivity index (χ4v) is 2.55. The van der Waals surface area contributed by atoms with E-state index in [0.717, 1.165) is 18.9 Å². The first-order valence-electron chi connectivity index (χ1n) is 7.25. The molecule has 24 heavy (non-hydrogen) atoms. The Balaban J connectivity index is 0.00000169. The Kier molecular flexibility index (Phi) is 5.31. The number of nitrogens with zero attached hydrogens (tertiary/aromatic N) is 7. The van der Waals surface area contributed by atoms with Gasteiger partial charge in [0.15, 0.2) is 5.82 Å². The SMILES string of the molecule is [Na+].[O-]C1C(n2ccnn2)=CNN1c1cc(N2CCOCC2)ncn1. The van der Waals surface area contributed by atoms with Crippen LogP contribution in [0.25, 0.3) is 5.70 Å². The normalized spacial score (nSPS) is 20.4. The molecule has 10 nitrogen and oxygen atoms in total.